The average Bonchev–Trinajstić information content (AvgIpc) is 2.14. The quantitative estimate of drug-likeness (QED) is 0.604. The zero-order valence-corrected chi connectivity index (χ0v) is 7.32. The Balaban J connectivity index is 3.05. The third-order valence-corrected chi connectivity index (χ3v) is 1.98. The van der Waals surface area contributed by atoms with Crippen molar-refractivity contribution in [3.8, 4) is 0 Å². The number of nitrogens with zero attached hydrogens (tertiary/aromatic N) is 2. The Morgan fingerprint density at radius 2 is 2.20 bits per heavy atom. The molecule has 1 rings (SSSR count). The van der Waals surface area contributed by atoms with E-state index in [0.717, 1.165) is 11.3 Å². The van der Waals surface area contributed by atoms with E-state index < -0.39 is 4.84 Å². The van der Waals surface area contributed by atoms with Crippen molar-refractivity contribution in [1.82, 2.24) is 9.78 Å². The maximum atomic E-state index is 5.63. The molecule has 0 saturated heterocycles. The minimum absolute atomic E-state index is 0.464. The molecule has 1 aromatic rings. The highest BCUT2D eigenvalue weighted by Crippen LogP contribution is 2.26. The molecule has 1 heterocycles. The summed E-state index contributed by atoms with van der Waals surface area (Å²) in [7, 11) is 1.86. The summed E-state index contributed by atoms with van der Waals surface area (Å²) in [5.41, 5.74) is 1.89. The number of alkyl halides is 2. The van der Waals surface area contributed by atoms with Crippen molar-refractivity contribution in [3.63, 3.8) is 0 Å². The molecule has 0 amide bonds. The summed E-state index contributed by atoms with van der Waals surface area (Å²) in [6.45, 7) is 1.93. The number of hydrogen-bond acceptors (Lipinski definition) is 1. The van der Waals surface area contributed by atoms with Gasteiger partial charge >= 0.3 is 0 Å². The normalized spacial score (nSPS) is 10.9. The summed E-state index contributed by atoms with van der Waals surface area (Å²) in [6.07, 6.45) is 1.68. The second kappa shape index (κ2) is 2.81. The molecule has 0 aliphatic heterocycles. The van der Waals surface area contributed by atoms with E-state index in [2.05, 4.69) is 5.10 Å². The summed E-state index contributed by atoms with van der Waals surface area (Å²) in [5, 5.41) is 3.99. The van der Waals surface area contributed by atoms with Crippen LogP contribution in [0.15, 0.2) is 6.20 Å². The van der Waals surface area contributed by atoms with Crippen molar-refractivity contribution >= 4 is 23.2 Å². The molecule has 0 radical (unpaired) electrons. The van der Waals surface area contributed by atoms with Gasteiger partial charge in [-0.2, -0.15) is 5.10 Å². The predicted octanol–water partition coefficient (Wildman–Crippen LogP) is 2.20. The van der Waals surface area contributed by atoms with Crippen LogP contribution in [0.4, 0.5) is 0 Å². The summed E-state index contributed by atoms with van der Waals surface area (Å²) < 4.78 is 1.74. The van der Waals surface area contributed by atoms with Crippen molar-refractivity contribution in [1.29, 1.82) is 0 Å². The van der Waals surface area contributed by atoms with E-state index in [9.17, 15) is 0 Å². The first-order chi connectivity index (χ1) is 4.63. The summed E-state index contributed by atoms with van der Waals surface area (Å²) >= 11 is 11.3. The van der Waals surface area contributed by atoms with E-state index >= 15 is 0 Å². The number of hydrogen-bond donors (Lipinski definition) is 0. The van der Waals surface area contributed by atoms with Crippen molar-refractivity contribution in [2.24, 2.45) is 7.05 Å². The van der Waals surface area contributed by atoms with E-state index in [1.54, 1.807) is 10.9 Å². The topological polar surface area (TPSA) is 17.8 Å². The summed E-state index contributed by atoms with van der Waals surface area (Å²) in [6, 6.07) is 0. The molecule has 0 spiro atoms. The van der Waals surface area contributed by atoms with Gasteiger partial charge in [0.2, 0.25) is 0 Å². The second-order valence-electron chi connectivity index (χ2n) is 2.11. The molecule has 0 aliphatic carbocycles. The second-order valence-corrected chi connectivity index (χ2v) is 3.21. The zero-order chi connectivity index (χ0) is 7.72. The van der Waals surface area contributed by atoms with Gasteiger partial charge in [-0.25, -0.2) is 0 Å². The minimum Gasteiger partial charge on any atom is -0.273 e. The van der Waals surface area contributed by atoms with Gasteiger partial charge in [-0.3, -0.25) is 4.68 Å². The monoisotopic (exact) mass is 178 g/mol. The highest BCUT2D eigenvalue weighted by molar-refractivity contribution is 6.44. The molecule has 1 aromatic heterocycles. The third kappa shape index (κ3) is 1.27. The fourth-order valence-electron chi connectivity index (χ4n) is 0.730. The molecule has 0 aromatic carbocycles. The van der Waals surface area contributed by atoms with E-state index in [4.69, 9.17) is 23.2 Å². The van der Waals surface area contributed by atoms with Gasteiger partial charge in [0.15, 0.2) is 0 Å². The lowest BCUT2D eigenvalue weighted by atomic mass is 10.3. The van der Waals surface area contributed by atoms with E-state index in [-0.39, 0.29) is 0 Å². The van der Waals surface area contributed by atoms with Crippen LogP contribution in [-0.2, 0) is 7.05 Å². The van der Waals surface area contributed by atoms with E-state index in [1.165, 1.54) is 0 Å². The number of halogens is 2. The van der Waals surface area contributed by atoms with Gasteiger partial charge < -0.3 is 0 Å². The SMILES string of the molecule is Cc1c(C(Cl)Cl)cnn1C. The van der Waals surface area contributed by atoms with Crippen LogP contribution < -0.4 is 0 Å². The molecule has 0 fully saturated rings. The number of aromatic nitrogens is 2. The van der Waals surface area contributed by atoms with Gasteiger partial charge in [-0.05, 0) is 6.92 Å². The van der Waals surface area contributed by atoms with Gasteiger partial charge in [-0.1, -0.05) is 23.2 Å². The van der Waals surface area contributed by atoms with Gasteiger partial charge in [0.1, 0.15) is 4.84 Å². The molecule has 0 aliphatic rings. The van der Waals surface area contributed by atoms with Gasteiger partial charge in [0.05, 0.1) is 6.20 Å². The molecule has 10 heavy (non-hydrogen) atoms. The number of rotatable bonds is 1. The lowest BCUT2D eigenvalue weighted by molar-refractivity contribution is 0.738. The molecule has 0 unspecified atom stereocenters. The minimum atomic E-state index is -0.464. The molecule has 56 valence electrons. The van der Waals surface area contributed by atoms with Crippen LogP contribution in [0, 0.1) is 6.92 Å². The van der Waals surface area contributed by atoms with Gasteiger partial charge in [-0.15, -0.1) is 0 Å². The zero-order valence-electron chi connectivity index (χ0n) is 5.81. The van der Waals surface area contributed by atoms with Crippen molar-refractivity contribution < 1.29 is 0 Å². The Morgan fingerprint density at radius 3 is 2.40 bits per heavy atom. The van der Waals surface area contributed by atoms with Crippen LogP contribution in [0.5, 0.6) is 0 Å². The Hall–Kier alpha value is -0.210. The van der Waals surface area contributed by atoms with E-state index in [0.29, 0.717) is 0 Å². The molecule has 0 N–H and O–H groups in total. The molecular weight excluding hydrogens is 171 g/mol. The molecular formula is C6H8Cl2N2. The molecule has 0 atom stereocenters. The average molecular weight is 179 g/mol. The fraction of sp³-hybridized carbons (Fsp3) is 0.500. The Labute approximate surface area is 69.7 Å². The lowest BCUT2D eigenvalue weighted by Crippen LogP contribution is -1.93. The Kier molecular flexibility index (Phi) is 2.21. The predicted molar refractivity (Wildman–Crippen MR) is 42.4 cm³/mol. The summed E-state index contributed by atoms with van der Waals surface area (Å²) in [4.78, 5) is -0.464. The Bertz CT molecular complexity index is 230. The molecule has 4 heteroatoms. The maximum Gasteiger partial charge on any atom is 0.136 e. The largest absolute Gasteiger partial charge is 0.273 e. The smallest absolute Gasteiger partial charge is 0.136 e. The lowest BCUT2D eigenvalue weighted by Gasteiger charge is -1.98. The van der Waals surface area contributed by atoms with Crippen LogP contribution >= 0.6 is 23.2 Å². The van der Waals surface area contributed by atoms with Crippen molar-refractivity contribution in [2.75, 3.05) is 0 Å². The highest BCUT2D eigenvalue weighted by Gasteiger charge is 2.09. The first kappa shape index (κ1) is 7.89. The molecule has 2 nitrogen and oxygen atoms in total. The first-order valence-electron chi connectivity index (χ1n) is 2.89. The standard InChI is InChI=1S/C6H8Cl2N2/c1-4-5(6(7)8)3-9-10(4)2/h3,6H,1-2H3. The van der Waals surface area contributed by atoms with Crippen LogP contribution in [0.2, 0.25) is 0 Å². The number of aryl methyl sites for hydroxylation is 1. The third-order valence-electron chi connectivity index (χ3n) is 1.51. The molecule has 0 bridgehead atoms. The van der Waals surface area contributed by atoms with Crippen LogP contribution in [-0.4, -0.2) is 9.78 Å². The van der Waals surface area contributed by atoms with Crippen molar-refractivity contribution in [2.45, 2.75) is 11.8 Å². The van der Waals surface area contributed by atoms with Gasteiger partial charge in [0, 0.05) is 18.3 Å². The first-order valence-corrected chi connectivity index (χ1v) is 3.77. The van der Waals surface area contributed by atoms with Crippen LogP contribution in [0.25, 0.3) is 0 Å². The van der Waals surface area contributed by atoms with Crippen LogP contribution in [0.1, 0.15) is 16.1 Å². The van der Waals surface area contributed by atoms with Gasteiger partial charge in [0.25, 0.3) is 0 Å². The Morgan fingerprint density at radius 1 is 1.60 bits per heavy atom. The molecule has 0 saturated carbocycles. The maximum absolute atomic E-state index is 5.63. The van der Waals surface area contributed by atoms with E-state index in [1.807, 2.05) is 14.0 Å². The highest BCUT2D eigenvalue weighted by atomic mass is 35.5. The van der Waals surface area contributed by atoms with Crippen molar-refractivity contribution in [3.05, 3.63) is 17.5 Å². The fourth-order valence-corrected chi connectivity index (χ4v) is 1.16. The van der Waals surface area contributed by atoms with Crippen LogP contribution in [0.3, 0.4) is 0 Å². The summed E-state index contributed by atoms with van der Waals surface area (Å²) in [5.74, 6) is 0.